The molecule has 2 atom stereocenters. The summed E-state index contributed by atoms with van der Waals surface area (Å²) in [6.07, 6.45) is 0. The number of carbonyl (C=O) groups is 4. The third-order valence-electron chi connectivity index (χ3n) is 8.99. The van der Waals surface area contributed by atoms with Gasteiger partial charge in [0.1, 0.15) is 47.1 Å². The van der Waals surface area contributed by atoms with Crippen LogP contribution in [-0.2, 0) is 32.2 Å². The molecule has 2 aromatic carbocycles. The van der Waals surface area contributed by atoms with E-state index in [9.17, 15) is 19.2 Å². The Labute approximate surface area is 237 Å². The summed E-state index contributed by atoms with van der Waals surface area (Å²) in [5, 5.41) is 0.619. The van der Waals surface area contributed by atoms with Gasteiger partial charge < -0.3 is 9.71 Å². The number of nitrogens with one attached hydrogen (secondary N) is 1. The van der Waals surface area contributed by atoms with Crippen LogP contribution in [-0.4, -0.2) is 93.8 Å². The third-order valence-corrected chi connectivity index (χ3v) is 9.24. The first kappa shape index (κ1) is 29.1. The Bertz CT molecular complexity index is 1410. The van der Waals surface area contributed by atoms with Crippen LogP contribution in [0, 0.1) is 0 Å². The standard InChI is InChI=1S/C22H25B7ClF2N3O4/c23-15-19(24,25)16(37)33-17(38)20(15,26)34-8-9-7-11(3-6-13(9)14(34)36)22(27,28)35(29)18(39)21(31,32)10-1-4-12(30)5-2-10/h1-7,15H,8,23-29H2,(H,33,37,38). The average Bonchev–Trinajstić information content (AvgIpc) is 3.22. The summed E-state index contributed by atoms with van der Waals surface area (Å²) in [6.45, 7) is 0.0925. The molecule has 1 fully saturated rings. The first-order valence-electron chi connectivity index (χ1n) is 12.6. The molecule has 2 aromatic rings. The average molecular weight is 545 g/mol. The van der Waals surface area contributed by atoms with E-state index in [4.69, 9.17) is 11.6 Å². The molecule has 0 spiro atoms. The van der Waals surface area contributed by atoms with E-state index < -0.39 is 51.0 Å². The van der Waals surface area contributed by atoms with Gasteiger partial charge in [-0.2, -0.15) is 8.78 Å². The summed E-state index contributed by atoms with van der Waals surface area (Å²) in [5.41, 5.74) is -0.237. The number of rotatable bonds is 5. The molecule has 4 amide bonds. The second kappa shape index (κ2) is 9.35. The Balaban J connectivity index is 1.64. The maximum atomic E-state index is 15.2. The Morgan fingerprint density at radius 2 is 1.59 bits per heavy atom. The number of halogens is 3. The van der Waals surface area contributed by atoms with Crippen LogP contribution < -0.4 is 5.32 Å². The summed E-state index contributed by atoms with van der Waals surface area (Å²) >= 11 is 5.81. The van der Waals surface area contributed by atoms with Gasteiger partial charge in [0, 0.05) is 22.7 Å². The van der Waals surface area contributed by atoms with Gasteiger partial charge in [-0.25, -0.2) is 0 Å². The number of benzene rings is 2. The van der Waals surface area contributed by atoms with Crippen LogP contribution in [0.1, 0.15) is 27.0 Å². The highest BCUT2D eigenvalue weighted by Crippen LogP contribution is 2.47. The van der Waals surface area contributed by atoms with E-state index in [1.165, 1.54) is 25.0 Å². The zero-order valence-electron chi connectivity index (χ0n) is 23.0. The van der Waals surface area contributed by atoms with Gasteiger partial charge in [-0.15, -0.1) is 0 Å². The fraction of sp³-hybridized carbons (Fsp3) is 0.273. The second-order valence-corrected chi connectivity index (χ2v) is 12.1. The molecule has 0 aliphatic carbocycles. The molecule has 1 saturated heterocycles. The molecule has 194 valence electrons. The highest BCUT2D eigenvalue weighted by Gasteiger charge is 2.58. The molecule has 2 aliphatic rings. The quantitative estimate of drug-likeness (QED) is 0.305. The van der Waals surface area contributed by atoms with Crippen LogP contribution >= 0.6 is 11.6 Å². The van der Waals surface area contributed by atoms with Crippen molar-refractivity contribution in [2.24, 2.45) is 0 Å². The van der Waals surface area contributed by atoms with E-state index in [2.05, 4.69) is 5.32 Å². The zero-order chi connectivity index (χ0) is 29.3. The van der Waals surface area contributed by atoms with Crippen molar-refractivity contribution in [1.29, 1.82) is 0 Å². The fourth-order valence-corrected chi connectivity index (χ4v) is 5.49. The number of alkyl halides is 2. The van der Waals surface area contributed by atoms with E-state index in [-0.39, 0.29) is 17.5 Å². The van der Waals surface area contributed by atoms with Gasteiger partial charge in [0.2, 0.25) is 19.8 Å². The largest absolute Gasteiger partial charge is 0.393 e. The van der Waals surface area contributed by atoms with Crippen molar-refractivity contribution in [3.05, 3.63) is 69.7 Å². The lowest BCUT2D eigenvalue weighted by atomic mass is 9.35. The highest BCUT2D eigenvalue weighted by molar-refractivity contribution is 6.58. The lowest BCUT2D eigenvalue weighted by Gasteiger charge is -2.51. The van der Waals surface area contributed by atoms with Crippen LogP contribution in [0.2, 0.25) is 16.1 Å². The molecule has 0 saturated carbocycles. The molecular weight excluding hydrogens is 519 g/mol. The van der Waals surface area contributed by atoms with Crippen molar-refractivity contribution in [1.82, 2.24) is 15.0 Å². The van der Waals surface area contributed by atoms with Gasteiger partial charge in [0.15, 0.2) is 0 Å². The minimum Gasteiger partial charge on any atom is -0.393 e. The summed E-state index contributed by atoms with van der Waals surface area (Å²) in [5.74, 6) is -6.96. The first-order chi connectivity index (χ1) is 17.9. The number of nitrogens with zero attached hydrogens (tertiary/aromatic N) is 2. The Kier molecular flexibility index (Phi) is 6.98. The molecule has 4 rings (SSSR count). The van der Waals surface area contributed by atoms with Crippen molar-refractivity contribution in [3.63, 3.8) is 0 Å². The van der Waals surface area contributed by atoms with Gasteiger partial charge >= 0.3 is 5.92 Å². The second-order valence-electron chi connectivity index (χ2n) is 11.6. The van der Waals surface area contributed by atoms with Gasteiger partial charge in [-0.05, 0) is 45.7 Å². The maximum absolute atomic E-state index is 15.2. The summed E-state index contributed by atoms with van der Waals surface area (Å²) < 4.78 is 30.3. The number of fused-ring (bicyclic) bond motifs is 1. The summed E-state index contributed by atoms with van der Waals surface area (Å²) in [6, 6.07) is 9.78. The predicted molar refractivity (Wildman–Crippen MR) is 162 cm³/mol. The van der Waals surface area contributed by atoms with Crippen molar-refractivity contribution >= 4 is 90.3 Å². The van der Waals surface area contributed by atoms with E-state index in [0.717, 1.165) is 16.9 Å². The van der Waals surface area contributed by atoms with Gasteiger partial charge in [-0.1, -0.05) is 35.9 Å². The molecule has 0 aromatic heterocycles. The first-order valence-corrected chi connectivity index (χ1v) is 13.0. The van der Waals surface area contributed by atoms with Crippen LogP contribution in [0.4, 0.5) is 8.78 Å². The number of amides is 4. The Morgan fingerprint density at radius 1 is 1.03 bits per heavy atom. The molecule has 2 heterocycles. The normalized spacial score (nSPS) is 22.8. The van der Waals surface area contributed by atoms with Crippen molar-refractivity contribution in [3.8, 4) is 0 Å². The van der Waals surface area contributed by atoms with Gasteiger partial charge in [0.25, 0.3) is 11.8 Å². The summed E-state index contributed by atoms with van der Waals surface area (Å²) in [7, 11) is 11.5. The Hall–Kier alpha value is -2.88. The SMILES string of the molecule is BC1C(B)(B)C(=O)NC(=O)C1(B)N1Cc2cc(C(B)(B)N(B)C(=O)C(F)(F)c3ccc(Cl)cc3)ccc2C1=O. The van der Waals surface area contributed by atoms with Crippen LogP contribution in [0.15, 0.2) is 42.5 Å². The lowest BCUT2D eigenvalue weighted by molar-refractivity contribution is -0.155. The van der Waals surface area contributed by atoms with Crippen LogP contribution in [0.25, 0.3) is 0 Å². The minimum absolute atomic E-state index is 0.0925. The molecule has 0 bridgehead atoms. The molecular formula is C22H25B7ClF2N3O4. The van der Waals surface area contributed by atoms with E-state index in [1.54, 1.807) is 65.3 Å². The van der Waals surface area contributed by atoms with Crippen molar-refractivity contribution in [2.45, 2.75) is 34.3 Å². The maximum Gasteiger partial charge on any atom is 0.348 e. The number of piperidine rings is 1. The van der Waals surface area contributed by atoms with Gasteiger partial charge in [0.05, 0.1) is 5.44 Å². The molecule has 0 radical (unpaired) electrons. The molecule has 1 N–H and O–H groups in total. The van der Waals surface area contributed by atoms with Crippen molar-refractivity contribution in [2.75, 3.05) is 0 Å². The predicted octanol–water partition coefficient (Wildman–Crippen LogP) is -4.37. The topological polar surface area (TPSA) is 86.8 Å². The molecule has 39 heavy (non-hydrogen) atoms. The van der Waals surface area contributed by atoms with E-state index >= 15 is 8.78 Å². The molecule has 2 aliphatic heterocycles. The number of carbonyl (C=O) groups excluding carboxylic acids is 4. The number of hydrogen-bond donors (Lipinski definition) is 1. The highest BCUT2D eigenvalue weighted by atomic mass is 35.5. The number of imide groups is 1. The molecule has 2 unspecified atom stereocenters. The summed E-state index contributed by atoms with van der Waals surface area (Å²) in [4.78, 5) is 54.5. The smallest absolute Gasteiger partial charge is 0.348 e. The molecule has 7 nitrogen and oxygen atoms in total. The van der Waals surface area contributed by atoms with Crippen LogP contribution in [0.5, 0.6) is 0 Å². The van der Waals surface area contributed by atoms with Crippen LogP contribution in [0.3, 0.4) is 0 Å². The van der Waals surface area contributed by atoms with Crippen molar-refractivity contribution < 1.29 is 28.0 Å². The lowest BCUT2D eigenvalue weighted by Crippen LogP contribution is -2.70. The van der Waals surface area contributed by atoms with E-state index in [1.807, 2.05) is 0 Å². The fourth-order valence-electron chi connectivity index (χ4n) is 5.36. The minimum atomic E-state index is -3.79. The van der Waals surface area contributed by atoms with Gasteiger partial charge in [-0.3, -0.25) is 24.5 Å². The van der Waals surface area contributed by atoms with E-state index in [0.29, 0.717) is 16.7 Å². The number of hydrogen-bond acceptors (Lipinski definition) is 4. The Morgan fingerprint density at radius 3 is 2.18 bits per heavy atom. The zero-order valence-corrected chi connectivity index (χ0v) is 23.7. The monoisotopic (exact) mass is 545 g/mol. The third kappa shape index (κ3) is 4.35. The molecule has 17 heteroatoms.